The van der Waals surface area contributed by atoms with Gasteiger partial charge in [0.15, 0.2) is 5.97 Å². The lowest BCUT2D eigenvalue weighted by Crippen LogP contribution is -2.91. The highest BCUT2D eigenvalue weighted by molar-refractivity contribution is 6.26. The minimum atomic E-state index is -2.07. The highest BCUT2D eigenvalue weighted by Crippen LogP contribution is 2.24. The molecule has 9 nitrogen and oxygen atoms in total. The van der Waals surface area contributed by atoms with E-state index in [9.17, 15) is 15.0 Å². The first-order chi connectivity index (χ1) is 13.7. The van der Waals surface area contributed by atoms with E-state index in [2.05, 4.69) is 0 Å². The van der Waals surface area contributed by atoms with Crippen LogP contribution in [0.5, 0.6) is 5.75 Å². The number of carbonyl (C=O) groups excluding carboxylic acids is 2. The van der Waals surface area contributed by atoms with Gasteiger partial charge in [0, 0.05) is 0 Å². The van der Waals surface area contributed by atoms with E-state index < -0.39 is 18.0 Å². The Balaban J connectivity index is 0.000000612. The fraction of sp³-hybridized carbons (Fsp3) is 0.550. The Morgan fingerprint density at radius 2 is 1.72 bits per heavy atom. The van der Waals surface area contributed by atoms with E-state index in [4.69, 9.17) is 24.5 Å². The molecule has 2 unspecified atom stereocenters. The molecule has 5 N–H and O–H groups in total. The van der Waals surface area contributed by atoms with Gasteiger partial charge in [-0.25, -0.2) is 4.79 Å². The van der Waals surface area contributed by atoms with Gasteiger partial charge in [0.2, 0.25) is 0 Å². The van der Waals surface area contributed by atoms with E-state index in [-0.39, 0.29) is 23.7 Å². The van der Waals surface area contributed by atoms with Crippen molar-refractivity contribution in [2.75, 3.05) is 13.2 Å². The lowest BCUT2D eigenvalue weighted by molar-refractivity contribution is -0.695. The van der Waals surface area contributed by atoms with E-state index in [1.165, 1.54) is 6.42 Å². The molecule has 9 heteroatoms. The number of carbonyl (C=O) groups is 3. The van der Waals surface area contributed by atoms with Gasteiger partial charge in [-0.05, 0) is 37.5 Å². The number of quaternary nitrogens is 1. The number of nitrogens with two attached hydrogens (primary N) is 1. The normalized spacial score (nSPS) is 16.1. The van der Waals surface area contributed by atoms with Gasteiger partial charge >= 0.3 is 11.9 Å². The molecule has 0 saturated heterocycles. The van der Waals surface area contributed by atoms with Gasteiger partial charge in [-0.2, -0.15) is 0 Å². The summed E-state index contributed by atoms with van der Waals surface area (Å²) in [6.07, 6.45) is 4.77. The minimum absolute atomic E-state index is 0.0482. The lowest BCUT2D eigenvalue weighted by atomic mass is 9.89. The molecule has 29 heavy (non-hydrogen) atoms. The van der Waals surface area contributed by atoms with Crippen molar-refractivity contribution in [1.29, 1.82) is 0 Å². The van der Waals surface area contributed by atoms with Crippen LogP contribution in [-0.2, 0) is 19.1 Å². The molecule has 1 aliphatic rings. The number of carboxylic acids is 2. The predicted molar refractivity (Wildman–Crippen MR) is 99.5 cm³/mol. The van der Waals surface area contributed by atoms with E-state index >= 15 is 0 Å². The quantitative estimate of drug-likeness (QED) is 0.261. The third-order valence-corrected chi connectivity index (χ3v) is 4.75. The number of aliphatic hydroxyl groups is 1. The highest BCUT2D eigenvalue weighted by atomic mass is 16.5. The number of carboxylic acid groups (broad SMARTS) is 2. The van der Waals surface area contributed by atoms with Gasteiger partial charge in [-0.15, -0.1) is 0 Å². The maximum absolute atomic E-state index is 11.9. The largest absolute Gasteiger partial charge is 0.539 e. The Bertz CT molecular complexity index is 643. The number of aliphatic hydroxyl groups excluding tert-OH is 1. The Morgan fingerprint density at radius 1 is 1.17 bits per heavy atom. The first-order valence-electron chi connectivity index (χ1n) is 9.63. The fourth-order valence-corrected chi connectivity index (χ4v) is 3.05. The van der Waals surface area contributed by atoms with Crippen molar-refractivity contribution >= 4 is 17.9 Å². The monoisotopic (exact) mass is 411 g/mol. The van der Waals surface area contributed by atoms with Crippen molar-refractivity contribution in [3.63, 3.8) is 0 Å². The number of ether oxygens (including phenoxy) is 1. The smallest absolute Gasteiger partial charge is 0.351 e. The first-order valence-corrected chi connectivity index (χ1v) is 9.63. The average Bonchev–Trinajstić information content (AvgIpc) is 2.72. The molecule has 0 aromatic heterocycles. The van der Waals surface area contributed by atoms with Crippen molar-refractivity contribution in [2.24, 2.45) is 5.92 Å². The Hall–Kier alpha value is -2.65. The summed E-state index contributed by atoms with van der Waals surface area (Å²) in [6.45, 7) is 2.94. The number of aromatic hydroxyl groups is 1. The molecule has 1 aromatic rings. The summed E-state index contributed by atoms with van der Waals surface area (Å²) in [5, 5.41) is 37.8. The number of esters is 1. The molecule has 1 saturated carbocycles. The molecule has 0 heterocycles. The summed E-state index contributed by atoms with van der Waals surface area (Å²) in [7, 11) is 0. The number of hydrogen-bond acceptors (Lipinski definition) is 7. The predicted octanol–water partition coefficient (Wildman–Crippen LogP) is -0.678. The van der Waals surface area contributed by atoms with Crippen LogP contribution in [0, 0.1) is 5.92 Å². The number of benzene rings is 1. The number of aliphatic carboxylic acids is 2. The number of rotatable bonds is 7. The van der Waals surface area contributed by atoms with Gasteiger partial charge in [0.25, 0.3) is 0 Å². The van der Waals surface area contributed by atoms with Gasteiger partial charge in [0.05, 0.1) is 5.92 Å². The molecule has 0 radical (unpaired) electrons. The van der Waals surface area contributed by atoms with Crippen LogP contribution in [0.15, 0.2) is 24.3 Å². The summed E-state index contributed by atoms with van der Waals surface area (Å²) in [5.74, 6) is -3.80. The molecule has 1 aromatic carbocycles. The van der Waals surface area contributed by atoms with Crippen LogP contribution in [0.3, 0.4) is 0 Å². The van der Waals surface area contributed by atoms with E-state index in [1.54, 1.807) is 24.3 Å². The zero-order valence-electron chi connectivity index (χ0n) is 16.5. The van der Waals surface area contributed by atoms with Crippen LogP contribution < -0.4 is 10.4 Å². The van der Waals surface area contributed by atoms with Crippen LogP contribution in [0.25, 0.3) is 0 Å². The van der Waals surface area contributed by atoms with Crippen LogP contribution in [0.1, 0.15) is 50.7 Å². The standard InChI is InChI=1S/C18H27NO4.C2H2O4/c1-13(17(21)14-7-9-16(20)10-8-14)19-11-12-23-18(22)15-5-3-2-4-6-15;3-1(4)2(5)6/h7-10,13,15,17,19-21H,2-6,11-12H2,1H3;(H,3,4)(H,5,6). The van der Waals surface area contributed by atoms with Crippen molar-refractivity contribution in [2.45, 2.75) is 51.2 Å². The number of hydrogen-bond donors (Lipinski definition) is 4. The van der Waals surface area contributed by atoms with Crippen molar-refractivity contribution < 1.29 is 44.9 Å². The third-order valence-electron chi connectivity index (χ3n) is 4.75. The van der Waals surface area contributed by atoms with Crippen LogP contribution >= 0.6 is 0 Å². The minimum Gasteiger partial charge on any atom is -0.539 e. The fourth-order valence-electron chi connectivity index (χ4n) is 3.05. The van der Waals surface area contributed by atoms with Gasteiger partial charge < -0.3 is 35.3 Å². The summed E-state index contributed by atoms with van der Waals surface area (Å²) >= 11 is 0. The maximum Gasteiger partial charge on any atom is 0.351 e. The lowest BCUT2D eigenvalue weighted by Gasteiger charge is -2.20. The molecule has 1 fully saturated rings. The first kappa shape index (κ1) is 24.4. The summed E-state index contributed by atoms with van der Waals surface area (Å²) < 4.78 is 5.35. The summed E-state index contributed by atoms with van der Waals surface area (Å²) in [6, 6.07) is 6.52. The van der Waals surface area contributed by atoms with Crippen LogP contribution in [0.4, 0.5) is 0 Å². The topological polar surface area (TPSA) is 161 Å². The van der Waals surface area contributed by atoms with Crippen LogP contribution in [0.2, 0.25) is 0 Å². The molecular formula is C20H29NO8. The summed E-state index contributed by atoms with van der Waals surface area (Å²) in [5.41, 5.74) is 0.769. The van der Waals surface area contributed by atoms with Crippen LogP contribution in [-0.4, -0.2) is 52.4 Å². The third kappa shape index (κ3) is 9.40. The molecule has 0 amide bonds. The Labute approximate surface area is 169 Å². The second kappa shape index (κ2) is 12.7. The van der Waals surface area contributed by atoms with Crippen molar-refractivity contribution in [1.82, 2.24) is 0 Å². The highest BCUT2D eigenvalue weighted by Gasteiger charge is 2.23. The molecule has 0 aliphatic heterocycles. The molecule has 0 bridgehead atoms. The van der Waals surface area contributed by atoms with Crippen molar-refractivity contribution in [3.05, 3.63) is 29.8 Å². The molecule has 162 valence electrons. The second-order valence-corrected chi connectivity index (χ2v) is 7.01. The molecule has 2 atom stereocenters. The SMILES string of the molecule is CC([NH2+]CCOC(=O)C1CCCCC1)C(O)c1ccc(O)cc1.O=C([O-])C(=O)O. The Kier molecular flexibility index (Phi) is 10.7. The zero-order chi connectivity index (χ0) is 21.8. The molecular weight excluding hydrogens is 382 g/mol. The molecule has 1 aliphatic carbocycles. The Morgan fingerprint density at radius 3 is 2.24 bits per heavy atom. The average molecular weight is 411 g/mol. The van der Waals surface area contributed by atoms with Gasteiger partial charge in [-0.3, -0.25) is 4.79 Å². The zero-order valence-corrected chi connectivity index (χ0v) is 16.5. The maximum atomic E-state index is 11.9. The van der Waals surface area contributed by atoms with Gasteiger partial charge in [-0.1, -0.05) is 31.4 Å². The number of phenols is 1. The second-order valence-electron chi connectivity index (χ2n) is 7.01. The van der Waals surface area contributed by atoms with E-state index in [0.717, 1.165) is 31.2 Å². The summed E-state index contributed by atoms with van der Waals surface area (Å²) in [4.78, 5) is 29.9. The molecule has 2 rings (SSSR count). The van der Waals surface area contributed by atoms with E-state index in [1.807, 2.05) is 12.2 Å². The van der Waals surface area contributed by atoms with E-state index in [0.29, 0.717) is 13.2 Å². The van der Waals surface area contributed by atoms with Crippen molar-refractivity contribution in [3.8, 4) is 5.75 Å². The molecule has 0 spiro atoms. The number of phenolic OH excluding ortho intramolecular Hbond substituents is 1. The van der Waals surface area contributed by atoms with Gasteiger partial charge in [0.1, 0.15) is 31.0 Å².